The molecule has 4 heteroatoms. The molecule has 0 saturated heterocycles. The van der Waals surface area contributed by atoms with Crippen LogP contribution in [0.3, 0.4) is 0 Å². The van der Waals surface area contributed by atoms with E-state index < -0.39 is 33.8 Å². The summed E-state index contributed by atoms with van der Waals surface area (Å²) in [6, 6.07) is 0. The normalized spacial score (nSPS) is 12.1. The Morgan fingerprint density at radius 3 is 1.47 bits per heavy atom. The van der Waals surface area contributed by atoms with Gasteiger partial charge in [0.05, 0.1) is 5.57 Å². The van der Waals surface area contributed by atoms with E-state index >= 15 is 0 Å². The molecule has 0 radical (unpaired) electrons. The summed E-state index contributed by atoms with van der Waals surface area (Å²) in [5, 5.41) is 18.8. The molecular formula is C15H18O4. The van der Waals surface area contributed by atoms with Gasteiger partial charge in [0.1, 0.15) is 5.41 Å². The lowest BCUT2D eigenvalue weighted by molar-refractivity contribution is -0.161. The van der Waals surface area contributed by atoms with E-state index in [1.807, 2.05) is 0 Å². The fourth-order valence-corrected chi connectivity index (χ4v) is 2.58. The van der Waals surface area contributed by atoms with E-state index in [4.69, 9.17) is 12.8 Å². The fourth-order valence-electron chi connectivity index (χ4n) is 2.58. The van der Waals surface area contributed by atoms with Crippen molar-refractivity contribution in [3.05, 3.63) is 12.2 Å². The van der Waals surface area contributed by atoms with E-state index in [-0.39, 0.29) is 0 Å². The third kappa shape index (κ3) is 2.11. The Labute approximate surface area is 113 Å². The zero-order valence-electron chi connectivity index (χ0n) is 11.6. The van der Waals surface area contributed by atoms with E-state index in [0.29, 0.717) is 0 Å². The highest BCUT2D eigenvalue weighted by molar-refractivity contribution is 5.98. The van der Waals surface area contributed by atoms with Crippen LogP contribution in [-0.4, -0.2) is 22.2 Å². The maximum absolute atomic E-state index is 11.9. The maximum Gasteiger partial charge on any atom is 0.332 e. The molecular weight excluding hydrogens is 244 g/mol. The quantitative estimate of drug-likeness (QED) is 0.587. The summed E-state index contributed by atoms with van der Waals surface area (Å²) >= 11 is 0. The number of carbonyl (C=O) groups is 2. The van der Waals surface area contributed by atoms with Crippen LogP contribution >= 0.6 is 0 Å². The lowest BCUT2D eigenvalue weighted by Crippen LogP contribution is -2.56. The van der Waals surface area contributed by atoms with Crippen LogP contribution < -0.4 is 0 Å². The molecule has 0 spiro atoms. The minimum Gasteiger partial charge on any atom is -0.480 e. The Hall–Kier alpha value is -2.20. The first-order valence-corrected chi connectivity index (χ1v) is 5.54. The first-order valence-electron chi connectivity index (χ1n) is 5.54. The molecule has 0 aliphatic heterocycles. The SMILES string of the molecule is C#CC(C)(C)C(C(=C)C(=O)O)(C(=O)O)C(C)(C)C#C. The molecule has 0 rings (SSSR count). The first kappa shape index (κ1) is 16.8. The Morgan fingerprint density at radius 1 is 1.00 bits per heavy atom. The topological polar surface area (TPSA) is 74.6 Å². The largest absolute Gasteiger partial charge is 0.480 e. The Bertz CT molecular complexity index is 483. The Kier molecular flexibility index (Phi) is 4.26. The van der Waals surface area contributed by atoms with Crippen LogP contribution in [0.1, 0.15) is 27.7 Å². The number of aliphatic carboxylic acids is 2. The van der Waals surface area contributed by atoms with E-state index in [2.05, 4.69) is 18.4 Å². The predicted molar refractivity (Wildman–Crippen MR) is 72.1 cm³/mol. The summed E-state index contributed by atoms with van der Waals surface area (Å²) in [5.41, 5.74) is -5.16. The highest BCUT2D eigenvalue weighted by Crippen LogP contribution is 2.56. The molecule has 4 nitrogen and oxygen atoms in total. The summed E-state index contributed by atoms with van der Waals surface area (Å²) in [7, 11) is 0. The number of hydrogen-bond acceptors (Lipinski definition) is 2. The third-order valence-electron chi connectivity index (χ3n) is 3.63. The smallest absolute Gasteiger partial charge is 0.332 e. The first-order chi connectivity index (χ1) is 8.42. The summed E-state index contributed by atoms with van der Waals surface area (Å²) in [5.74, 6) is 1.85. The van der Waals surface area contributed by atoms with E-state index in [1.54, 1.807) is 0 Å². The van der Waals surface area contributed by atoms with Crippen molar-refractivity contribution in [1.82, 2.24) is 0 Å². The molecule has 0 atom stereocenters. The second-order valence-corrected chi connectivity index (χ2v) is 5.38. The number of carboxylic acids is 2. The molecule has 0 saturated carbocycles. The number of rotatable bonds is 5. The average Bonchev–Trinajstić information content (AvgIpc) is 2.28. The minimum atomic E-state index is -1.98. The van der Waals surface area contributed by atoms with Gasteiger partial charge in [0, 0.05) is 10.8 Å². The van der Waals surface area contributed by atoms with Gasteiger partial charge in [0.25, 0.3) is 0 Å². The van der Waals surface area contributed by atoms with Gasteiger partial charge in [-0.2, -0.15) is 0 Å². The van der Waals surface area contributed by atoms with Crippen LogP contribution in [0.25, 0.3) is 0 Å². The van der Waals surface area contributed by atoms with Gasteiger partial charge in [0.15, 0.2) is 0 Å². The zero-order chi connectivity index (χ0) is 15.6. The van der Waals surface area contributed by atoms with Crippen molar-refractivity contribution < 1.29 is 19.8 Å². The average molecular weight is 262 g/mol. The van der Waals surface area contributed by atoms with E-state index in [1.165, 1.54) is 27.7 Å². The van der Waals surface area contributed by atoms with Crippen molar-refractivity contribution in [2.24, 2.45) is 16.2 Å². The summed E-state index contributed by atoms with van der Waals surface area (Å²) in [6.45, 7) is 9.27. The van der Waals surface area contributed by atoms with E-state index in [9.17, 15) is 19.8 Å². The van der Waals surface area contributed by atoms with Gasteiger partial charge in [0.2, 0.25) is 0 Å². The maximum atomic E-state index is 11.9. The van der Waals surface area contributed by atoms with Gasteiger partial charge in [-0.15, -0.1) is 12.8 Å². The van der Waals surface area contributed by atoms with Crippen LogP contribution in [0.2, 0.25) is 0 Å². The monoisotopic (exact) mass is 262 g/mol. The molecule has 102 valence electrons. The Balaban J connectivity index is 6.72. The van der Waals surface area contributed by atoms with Gasteiger partial charge in [-0.25, -0.2) is 4.79 Å². The minimum absolute atomic E-state index is 0.522. The number of carboxylic acid groups (broad SMARTS) is 2. The molecule has 2 N–H and O–H groups in total. The molecule has 0 aliphatic rings. The fraction of sp³-hybridized carbons (Fsp3) is 0.467. The second kappa shape index (κ2) is 4.82. The molecule has 0 aromatic rings. The van der Waals surface area contributed by atoms with Crippen molar-refractivity contribution in [3.8, 4) is 24.7 Å². The van der Waals surface area contributed by atoms with Gasteiger partial charge in [-0.1, -0.05) is 18.4 Å². The van der Waals surface area contributed by atoms with Crippen molar-refractivity contribution >= 4 is 11.9 Å². The number of terminal acetylenes is 2. The molecule has 0 amide bonds. The van der Waals surface area contributed by atoms with Gasteiger partial charge in [-0.3, -0.25) is 4.79 Å². The van der Waals surface area contributed by atoms with Crippen molar-refractivity contribution in [3.63, 3.8) is 0 Å². The van der Waals surface area contributed by atoms with Gasteiger partial charge < -0.3 is 10.2 Å². The summed E-state index contributed by atoms with van der Waals surface area (Å²) in [4.78, 5) is 23.1. The van der Waals surface area contributed by atoms with Crippen molar-refractivity contribution in [2.75, 3.05) is 0 Å². The second-order valence-electron chi connectivity index (χ2n) is 5.38. The molecule has 19 heavy (non-hydrogen) atoms. The van der Waals surface area contributed by atoms with Gasteiger partial charge >= 0.3 is 11.9 Å². The van der Waals surface area contributed by atoms with Crippen LogP contribution in [0.15, 0.2) is 12.2 Å². The predicted octanol–water partition coefficient (Wildman–Crippen LogP) is 2.02. The summed E-state index contributed by atoms with van der Waals surface area (Å²) < 4.78 is 0. The lowest BCUT2D eigenvalue weighted by atomic mass is 9.50. The van der Waals surface area contributed by atoms with Crippen LogP contribution in [0, 0.1) is 40.9 Å². The van der Waals surface area contributed by atoms with Crippen molar-refractivity contribution in [1.29, 1.82) is 0 Å². The zero-order valence-corrected chi connectivity index (χ0v) is 11.6. The molecule has 0 unspecified atom stereocenters. The van der Waals surface area contributed by atoms with Crippen molar-refractivity contribution in [2.45, 2.75) is 27.7 Å². The Morgan fingerprint density at radius 2 is 1.32 bits per heavy atom. The van der Waals surface area contributed by atoms with E-state index in [0.717, 1.165) is 0 Å². The molecule has 0 heterocycles. The van der Waals surface area contributed by atoms with Crippen LogP contribution in [0.4, 0.5) is 0 Å². The third-order valence-corrected chi connectivity index (χ3v) is 3.63. The molecule has 0 aromatic carbocycles. The highest BCUT2D eigenvalue weighted by atomic mass is 16.4. The molecule has 0 aromatic heterocycles. The highest BCUT2D eigenvalue weighted by Gasteiger charge is 2.63. The van der Waals surface area contributed by atoms with Gasteiger partial charge in [-0.05, 0) is 27.7 Å². The molecule has 0 bridgehead atoms. The summed E-state index contributed by atoms with van der Waals surface area (Å²) in [6.07, 6.45) is 10.8. The molecule has 0 aliphatic carbocycles. The number of hydrogen-bond donors (Lipinski definition) is 2. The molecule has 0 fully saturated rings. The standard InChI is InChI=1S/C15H18O4/c1-8-13(4,5)15(12(18)19,10(3)11(16)17)14(6,7)9-2/h1-2H,3H2,4-7H3,(H,16,17)(H,18,19). The van der Waals surface area contributed by atoms with Crippen LogP contribution in [-0.2, 0) is 9.59 Å². The van der Waals surface area contributed by atoms with Crippen LogP contribution in [0.5, 0.6) is 0 Å². The lowest BCUT2D eigenvalue weighted by Gasteiger charge is -2.48.